The van der Waals surface area contributed by atoms with Gasteiger partial charge in [-0.05, 0) is 69.8 Å². The first kappa shape index (κ1) is 25.8. The number of amides is 2. The molecule has 2 fully saturated rings. The summed E-state index contributed by atoms with van der Waals surface area (Å²) in [6.45, 7) is 2.42. The fraction of sp³-hybridized carbons (Fsp3) is 0.615. The van der Waals surface area contributed by atoms with Gasteiger partial charge in [0, 0.05) is 17.9 Å². The fourth-order valence-electron chi connectivity index (χ4n) is 5.24. The topological polar surface area (TPSA) is 90.9 Å². The van der Waals surface area contributed by atoms with Crippen LogP contribution in [0.4, 0.5) is 4.39 Å². The number of carbonyl (C=O) groups is 3. The average molecular weight is 503 g/mol. The van der Waals surface area contributed by atoms with Crippen molar-refractivity contribution >= 4 is 34.4 Å². The maximum atomic E-state index is 13.9. The zero-order valence-electron chi connectivity index (χ0n) is 20.5. The second-order valence-corrected chi connectivity index (χ2v) is 10.8. The van der Waals surface area contributed by atoms with Crippen LogP contribution in [0.25, 0.3) is 0 Å². The first-order valence-electron chi connectivity index (χ1n) is 12.7. The van der Waals surface area contributed by atoms with Gasteiger partial charge in [0.25, 0.3) is 0 Å². The molecule has 7 nitrogen and oxygen atoms in total. The lowest BCUT2D eigenvalue weighted by Gasteiger charge is -2.35. The highest BCUT2D eigenvalue weighted by Crippen LogP contribution is 2.33. The van der Waals surface area contributed by atoms with Gasteiger partial charge in [-0.25, -0.2) is 4.39 Å². The fourth-order valence-corrected chi connectivity index (χ4v) is 6.43. The predicted octanol–water partition coefficient (Wildman–Crippen LogP) is 3.19. The molecule has 35 heavy (non-hydrogen) atoms. The molecule has 190 valence electrons. The van der Waals surface area contributed by atoms with Crippen molar-refractivity contribution in [2.75, 3.05) is 19.3 Å². The predicted molar refractivity (Wildman–Crippen MR) is 136 cm³/mol. The Morgan fingerprint density at radius 3 is 2.49 bits per heavy atom. The number of likely N-dealkylation sites (N-methyl/N-ethyl adjacent to an activating group) is 1. The molecule has 2 heterocycles. The van der Waals surface area contributed by atoms with Gasteiger partial charge in [-0.3, -0.25) is 19.4 Å². The summed E-state index contributed by atoms with van der Waals surface area (Å²) in [6.07, 6.45) is 6.86. The summed E-state index contributed by atoms with van der Waals surface area (Å²) in [5.74, 6) is -0.0481. The van der Waals surface area contributed by atoms with Crippen molar-refractivity contribution < 1.29 is 18.8 Å². The molecule has 0 radical (unpaired) electrons. The summed E-state index contributed by atoms with van der Waals surface area (Å²) in [6, 6.07) is 3.94. The van der Waals surface area contributed by atoms with Crippen LogP contribution in [0.5, 0.6) is 0 Å². The number of nitrogens with zero attached hydrogens (tertiary/aromatic N) is 2. The molecule has 1 aliphatic carbocycles. The second-order valence-electron chi connectivity index (χ2n) is 9.75. The molecule has 1 saturated heterocycles. The van der Waals surface area contributed by atoms with Crippen molar-refractivity contribution in [3.8, 4) is 0 Å². The van der Waals surface area contributed by atoms with Crippen LogP contribution in [-0.4, -0.2) is 71.1 Å². The molecule has 4 rings (SSSR count). The highest BCUT2D eigenvalue weighted by atomic mass is 32.2. The normalized spacial score (nSPS) is 24.7. The standard InChI is InChI=1S/C26H35FN4O3S/c1-16(28-2)24(33)30-22(17-7-4-3-5-8-17)26(34)31-14-6-9-21(31)25-29-20(15-35-25)23(32)18-10-12-19(27)13-11-18/h10-13,16-17,20-22,28H,3-9,14-15H2,1-2H3,(H,30,33)/t16-,20?,21-,22-/m0/s1. The van der Waals surface area contributed by atoms with Gasteiger partial charge < -0.3 is 15.5 Å². The van der Waals surface area contributed by atoms with Crippen molar-refractivity contribution in [1.29, 1.82) is 0 Å². The summed E-state index contributed by atoms with van der Waals surface area (Å²) < 4.78 is 13.2. The quantitative estimate of drug-likeness (QED) is 0.533. The maximum absolute atomic E-state index is 13.9. The number of hydrogen-bond acceptors (Lipinski definition) is 6. The Labute approximate surface area is 210 Å². The third-order valence-electron chi connectivity index (χ3n) is 7.44. The Balaban J connectivity index is 1.50. The van der Waals surface area contributed by atoms with E-state index in [0.29, 0.717) is 17.9 Å². The molecule has 2 amide bonds. The minimum Gasteiger partial charge on any atom is -0.343 e. The monoisotopic (exact) mass is 502 g/mol. The number of hydrogen-bond donors (Lipinski definition) is 2. The molecular weight excluding hydrogens is 467 g/mol. The van der Waals surface area contributed by atoms with Crippen LogP contribution in [0.1, 0.15) is 62.2 Å². The molecular formula is C26H35FN4O3S. The van der Waals surface area contributed by atoms with E-state index in [1.165, 1.54) is 42.4 Å². The minimum absolute atomic E-state index is 0.0346. The molecule has 4 atom stereocenters. The van der Waals surface area contributed by atoms with E-state index in [4.69, 9.17) is 4.99 Å². The summed E-state index contributed by atoms with van der Waals surface area (Å²) in [5.41, 5.74) is 0.445. The lowest BCUT2D eigenvalue weighted by atomic mass is 9.83. The van der Waals surface area contributed by atoms with Crippen molar-refractivity contribution in [2.45, 2.75) is 76.0 Å². The molecule has 1 unspecified atom stereocenters. The maximum Gasteiger partial charge on any atom is 0.246 e. The van der Waals surface area contributed by atoms with E-state index in [1.807, 2.05) is 4.90 Å². The van der Waals surface area contributed by atoms with E-state index >= 15 is 0 Å². The van der Waals surface area contributed by atoms with E-state index in [0.717, 1.165) is 43.6 Å². The number of carbonyl (C=O) groups excluding carboxylic acids is 3. The lowest BCUT2D eigenvalue weighted by Crippen LogP contribution is -2.57. The van der Waals surface area contributed by atoms with E-state index in [9.17, 15) is 18.8 Å². The molecule has 0 bridgehead atoms. The highest BCUT2D eigenvalue weighted by Gasteiger charge is 2.42. The van der Waals surface area contributed by atoms with E-state index in [-0.39, 0.29) is 41.4 Å². The van der Waals surface area contributed by atoms with E-state index < -0.39 is 12.1 Å². The molecule has 3 aliphatic rings. The van der Waals surface area contributed by atoms with Crippen LogP contribution < -0.4 is 10.6 Å². The third kappa shape index (κ3) is 5.94. The van der Waals surface area contributed by atoms with Crippen molar-refractivity contribution in [3.05, 3.63) is 35.6 Å². The Morgan fingerprint density at radius 1 is 1.09 bits per heavy atom. The smallest absolute Gasteiger partial charge is 0.246 e. The summed E-state index contributed by atoms with van der Waals surface area (Å²) in [7, 11) is 1.73. The number of rotatable bonds is 8. The zero-order chi connectivity index (χ0) is 24.9. The molecule has 1 aromatic carbocycles. The number of ketones is 1. The van der Waals surface area contributed by atoms with E-state index in [2.05, 4.69) is 10.6 Å². The molecule has 1 aromatic rings. The molecule has 9 heteroatoms. The van der Waals surface area contributed by atoms with Crippen LogP contribution in [0.2, 0.25) is 0 Å². The van der Waals surface area contributed by atoms with Crippen molar-refractivity contribution in [1.82, 2.24) is 15.5 Å². The van der Waals surface area contributed by atoms with Crippen molar-refractivity contribution in [2.24, 2.45) is 10.9 Å². The number of nitrogens with one attached hydrogen (secondary N) is 2. The number of halogens is 1. The van der Waals surface area contributed by atoms with Crippen LogP contribution in [0.15, 0.2) is 29.3 Å². The van der Waals surface area contributed by atoms with Gasteiger partial charge in [-0.15, -0.1) is 11.8 Å². The number of benzene rings is 1. The number of likely N-dealkylation sites (tertiary alicyclic amines) is 1. The minimum atomic E-state index is -0.539. The van der Waals surface area contributed by atoms with Gasteiger partial charge in [0.2, 0.25) is 11.8 Å². The van der Waals surface area contributed by atoms with Crippen LogP contribution >= 0.6 is 11.8 Å². The molecule has 0 aromatic heterocycles. The van der Waals surface area contributed by atoms with Crippen LogP contribution in [0, 0.1) is 11.7 Å². The number of aliphatic imine (C=N–C) groups is 1. The lowest BCUT2D eigenvalue weighted by molar-refractivity contribution is -0.138. The Bertz CT molecular complexity index is 964. The van der Waals surface area contributed by atoms with Gasteiger partial charge >= 0.3 is 0 Å². The van der Waals surface area contributed by atoms with Gasteiger partial charge in [-0.2, -0.15) is 0 Å². The SMILES string of the molecule is CN[C@@H](C)C(=O)N[C@H](C(=O)N1CCC[C@H]1C1=NC(C(=O)c2ccc(F)cc2)CS1)C1CCCCC1. The summed E-state index contributed by atoms with van der Waals surface area (Å²) in [5, 5.41) is 6.82. The van der Waals surface area contributed by atoms with E-state index in [1.54, 1.807) is 14.0 Å². The average Bonchev–Trinajstić information content (AvgIpc) is 3.56. The van der Waals surface area contributed by atoms with Gasteiger partial charge in [-0.1, -0.05) is 19.3 Å². The third-order valence-corrected chi connectivity index (χ3v) is 8.59. The first-order valence-corrected chi connectivity index (χ1v) is 13.7. The van der Waals surface area contributed by atoms with Crippen LogP contribution in [0.3, 0.4) is 0 Å². The molecule has 2 N–H and O–H groups in total. The molecule has 0 spiro atoms. The first-order chi connectivity index (χ1) is 16.9. The summed E-state index contributed by atoms with van der Waals surface area (Å²) in [4.78, 5) is 46.1. The van der Waals surface area contributed by atoms with Crippen LogP contribution in [-0.2, 0) is 9.59 Å². The van der Waals surface area contributed by atoms with Gasteiger partial charge in [0.1, 0.15) is 17.9 Å². The van der Waals surface area contributed by atoms with Gasteiger partial charge in [0.05, 0.1) is 17.1 Å². The zero-order valence-corrected chi connectivity index (χ0v) is 21.3. The Morgan fingerprint density at radius 2 is 1.80 bits per heavy atom. The number of Topliss-reactive ketones (excluding diaryl/α,β-unsaturated/α-hetero) is 1. The molecule has 1 saturated carbocycles. The highest BCUT2D eigenvalue weighted by molar-refractivity contribution is 8.14. The largest absolute Gasteiger partial charge is 0.343 e. The summed E-state index contributed by atoms with van der Waals surface area (Å²) >= 11 is 1.53. The molecule has 2 aliphatic heterocycles. The Kier molecular flexibility index (Phi) is 8.59. The van der Waals surface area contributed by atoms with Crippen molar-refractivity contribution in [3.63, 3.8) is 0 Å². The van der Waals surface area contributed by atoms with Gasteiger partial charge in [0.15, 0.2) is 5.78 Å². The Hall–Kier alpha value is -2.26. The number of thioether (sulfide) groups is 1. The second kappa shape index (κ2) is 11.6.